The van der Waals surface area contributed by atoms with E-state index in [4.69, 9.17) is 0 Å². The van der Waals surface area contributed by atoms with Crippen LogP contribution in [0.5, 0.6) is 0 Å². The molecule has 0 aliphatic heterocycles. The number of hydrogen-bond donors (Lipinski definition) is 0. The van der Waals surface area contributed by atoms with Crippen LogP contribution < -0.4 is 0 Å². The van der Waals surface area contributed by atoms with E-state index in [1.807, 2.05) is 12.3 Å². The minimum absolute atomic E-state index is 0.560. The van der Waals surface area contributed by atoms with Crippen LogP contribution in [0.1, 0.15) is 25.5 Å². The van der Waals surface area contributed by atoms with Crippen LogP contribution in [0.3, 0.4) is 0 Å². The topological polar surface area (TPSA) is 16.1 Å². The van der Waals surface area contributed by atoms with Crippen molar-refractivity contribution < 1.29 is 0 Å². The highest BCUT2D eigenvalue weighted by Crippen LogP contribution is 2.47. The summed E-state index contributed by atoms with van der Waals surface area (Å²) < 4.78 is 0. The lowest BCUT2D eigenvalue weighted by Crippen LogP contribution is -2.31. The van der Waals surface area contributed by atoms with Gasteiger partial charge in [0.25, 0.3) is 0 Å². The summed E-state index contributed by atoms with van der Waals surface area (Å²) in [5.41, 5.74) is 1.74. The molecule has 1 fully saturated rings. The number of pyridine rings is 1. The largest absolute Gasteiger partial charge is 0.297 e. The molecule has 0 unspecified atom stereocenters. The zero-order chi connectivity index (χ0) is 11.4. The lowest BCUT2D eigenvalue weighted by molar-refractivity contribution is 0.231. The SMILES string of the molecule is CCN(Cc1ccccn1)CC1(CBr)CC1. The third-order valence-corrected chi connectivity index (χ3v) is 4.55. The molecule has 1 aliphatic carbocycles. The first-order valence-corrected chi connectivity index (χ1v) is 7.08. The van der Waals surface area contributed by atoms with Crippen LogP contribution in [-0.2, 0) is 6.54 Å². The Kier molecular flexibility index (Phi) is 3.98. The maximum Gasteiger partial charge on any atom is 0.0543 e. The first-order chi connectivity index (χ1) is 7.78. The van der Waals surface area contributed by atoms with Gasteiger partial charge in [0.2, 0.25) is 0 Å². The predicted octanol–water partition coefficient (Wildman–Crippen LogP) is 3.08. The fourth-order valence-electron chi connectivity index (χ4n) is 1.99. The summed E-state index contributed by atoms with van der Waals surface area (Å²) in [7, 11) is 0. The maximum absolute atomic E-state index is 4.39. The molecule has 1 aromatic heterocycles. The normalized spacial score (nSPS) is 17.7. The second kappa shape index (κ2) is 5.28. The molecule has 16 heavy (non-hydrogen) atoms. The van der Waals surface area contributed by atoms with E-state index in [0.29, 0.717) is 5.41 Å². The quantitative estimate of drug-likeness (QED) is 0.746. The van der Waals surface area contributed by atoms with Gasteiger partial charge in [0.1, 0.15) is 0 Å². The molecule has 2 nitrogen and oxygen atoms in total. The number of hydrogen-bond acceptors (Lipinski definition) is 2. The fraction of sp³-hybridized carbons (Fsp3) is 0.615. The summed E-state index contributed by atoms with van der Waals surface area (Å²) in [4.78, 5) is 6.89. The van der Waals surface area contributed by atoms with Crippen LogP contribution in [-0.4, -0.2) is 28.3 Å². The first kappa shape index (κ1) is 12.1. The van der Waals surface area contributed by atoms with Gasteiger partial charge in [-0.15, -0.1) is 0 Å². The van der Waals surface area contributed by atoms with Gasteiger partial charge in [-0.05, 0) is 36.9 Å². The van der Waals surface area contributed by atoms with Gasteiger partial charge in [0, 0.05) is 24.6 Å². The number of alkyl halides is 1. The zero-order valence-corrected chi connectivity index (χ0v) is 11.4. The van der Waals surface area contributed by atoms with Gasteiger partial charge >= 0.3 is 0 Å². The van der Waals surface area contributed by atoms with Gasteiger partial charge in [0.15, 0.2) is 0 Å². The van der Waals surface area contributed by atoms with E-state index < -0.39 is 0 Å². The molecular weight excluding hydrogens is 264 g/mol. The molecule has 0 atom stereocenters. The van der Waals surface area contributed by atoms with Crippen molar-refractivity contribution in [2.24, 2.45) is 5.41 Å². The molecule has 0 amide bonds. The van der Waals surface area contributed by atoms with E-state index >= 15 is 0 Å². The van der Waals surface area contributed by atoms with E-state index in [-0.39, 0.29) is 0 Å². The van der Waals surface area contributed by atoms with Gasteiger partial charge in [-0.3, -0.25) is 9.88 Å². The third-order valence-electron chi connectivity index (χ3n) is 3.36. The molecule has 0 radical (unpaired) electrons. The van der Waals surface area contributed by atoms with Crippen molar-refractivity contribution in [3.05, 3.63) is 30.1 Å². The monoisotopic (exact) mass is 282 g/mol. The Bertz CT molecular complexity index is 322. The van der Waals surface area contributed by atoms with E-state index in [9.17, 15) is 0 Å². The minimum atomic E-state index is 0.560. The Morgan fingerprint density at radius 2 is 2.25 bits per heavy atom. The summed E-state index contributed by atoms with van der Waals surface area (Å²) in [5.74, 6) is 0. The molecule has 3 heteroatoms. The summed E-state index contributed by atoms with van der Waals surface area (Å²) in [5, 5.41) is 1.14. The second-order valence-corrected chi connectivity index (χ2v) is 5.32. The second-order valence-electron chi connectivity index (χ2n) is 4.76. The predicted molar refractivity (Wildman–Crippen MR) is 70.6 cm³/mol. The van der Waals surface area contributed by atoms with Crippen molar-refractivity contribution in [3.8, 4) is 0 Å². The van der Waals surface area contributed by atoms with Crippen molar-refractivity contribution in [2.45, 2.75) is 26.3 Å². The van der Waals surface area contributed by atoms with Crippen LogP contribution in [0.15, 0.2) is 24.4 Å². The number of nitrogens with zero attached hydrogens (tertiary/aromatic N) is 2. The lowest BCUT2D eigenvalue weighted by atomic mass is 10.1. The Morgan fingerprint density at radius 1 is 1.44 bits per heavy atom. The van der Waals surface area contributed by atoms with Gasteiger partial charge in [0.05, 0.1) is 5.69 Å². The molecule has 0 aromatic carbocycles. The average Bonchev–Trinajstić information content (AvgIpc) is 3.10. The highest BCUT2D eigenvalue weighted by atomic mass is 79.9. The van der Waals surface area contributed by atoms with Gasteiger partial charge in [-0.1, -0.05) is 28.9 Å². The van der Waals surface area contributed by atoms with Crippen molar-refractivity contribution >= 4 is 15.9 Å². The van der Waals surface area contributed by atoms with Crippen LogP contribution in [0.4, 0.5) is 0 Å². The molecule has 0 bridgehead atoms. The molecule has 1 heterocycles. The van der Waals surface area contributed by atoms with Gasteiger partial charge in [-0.2, -0.15) is 0 Å². The Hall–Kier alpha value is -0.410. The molecule has 1 saturated carbocycles. The van der Waals surface area contributed by atoms with Gasteiger partial charge < -0.3 is 0 Å². The van der Waals surface area contributed by atoms with Crippen molar-refractivity contribution in [1.29, 1.82) is 0 Å². The van der Waals surface area contributed by atoms with Crippen LogP contribution in [0.2, 0.25) is 0 Å². The minimum Gasteiger partial charge on any atom is -0.297 e. The van der Waals surface area contributed by atoms with Crippen molar-refractivity contribution in [3.63, 3.8) is 0 Å². The zero-order valence-electron chi connectivity index (χ0n) is 9.82. The van der Waals surface area contributed by atoms with Crippen LogP contribution in [0, 0.1) is 5.41 Å². The molecule has 0 N–H and O–H groups in total. The van der Waals surface area contributed by atoms with Crippen molar-refractivity contribution in [2.75, 3.05) is 18.4 Å². The van der Waals surface area contributed by atoms with Crippen LogP contribution >= 0.6 is 15.9 Å². The summed E-state index contributed by atoms with van der Waals surface area (Å²) in [6, 6.07) is 6.14. The number of halogens is 1. The molecule has 88 valence electrons. The highest BCUT2D eigenvalue weighted by molar-refractivity contribution is 9.09. The number of rotatable bonds is 6. The molecule has 1 aromatic rings. The summed E-state index contributed by atoms with van der Waals surface area (Å²) >= 11 is 3.63. The number of aromatic nitrogens is 1. The maximum atomic E-state index is 4.39. The molecule has 0 spiro atoms. The van der Waals surface area contributed by atoms with E-state index in [0.717, 1.165) is 18.4 Å². The molecule has 2 rings (SSSR count). The molecule has 0 saturated heterocycles. The van der Waals surface area contributed by atoms with Crippen LogP contribution in [0.25, 0.3) is 0 Å². The van der Waals surface area contributed by atoms with E-state index in [2.05, 4.69) is 44.9 Å². The lowest BCUT2D eigenvalue weighted by Gasteiger charge is -2.24. The first-order valence-electron chi connectivity index (χ1n) is 5.96. The molecule has 1 aliphatic rings. The standard InChI is InChI=1S/C13H19BrN2/c1-2-16(11-13(10-14)6-7-13)9-12-5-3-4-8-15-12/h3-5,8H,2,6-7,9-11H2,1H3. The van der Waals surface area contributed by atoms with Crippen molar-refractivity contribution in [1.82, 2.24) is 9.88 Å². The smallest absolute Gasteiger partial charge is 0.0543 e. The average molecular weight is 283 g/mol. The Balaban J connectivity index is 1.91. The summed E-state index contributed by atoms with van der Waals surface area (Å²) in [6.45, 7) is 5.51. The fourth-order valence-corrected chi connectivity index (χ4v) is 2.72. The molecular formula is C13H19BrN2. The summed E-state index contributed by atoms with van der Waals surface area (Å²) in [6.07, 6.45) is 4.62. The Morgan fingerprint density at radius 3 is 2.75 bits per heavy atom. The Labute approximate surface area is 106 Å². The highest BCUT2D eigenvalue weighted by Gasteiger charge is 2.42. The van der Waals surface area contributed by atoms with Gasteiger partial charge in [-0.25, -0.2) is 0 Å². The van der Waals surface area contributed by atoms with E-state index in [1.54, 1.807) is 0 Å². The third kappa shape index (κ3) is 3.05. The van der Waals surface area contributed by atoms with E-state index in [1.165, 1.54) is 25.1 Å².